The fraction of sp³-hybridized carbons (Fsp3) is 0.167. The first kappa shape index (κ1) is 11.7. The molecule has 0 saturated carbocycles. The van der Waals surface area contributed by atoms with Crippen LogP contribution in [0.25, 0.3) is 6.08 Å². The molecule has 1 aliphatic heterocycles. The van der Waals surface area contributed by atoms with Gasteiger partial charge in [0.2, 0.25) is 0 Å². The van der Waals surface area contributed by atoms with E-state index < -0.39 is 11.9 Å². The highest BCUT2D eigenvalue weighted by molar-refractivity contribution is 6.30. The van der Waals surface area contributed by atoms with Crippen LogP contribution >= 0.6 is 11.6 Å². The van der Waals surface area contributed by atoms with Crippen LogP contribution in [0.1, 0.15) is 12.0 Å². The standard InChI is InChI=1S/C12H9ClO4/c1-16-12(15)8-4-7-2-3-9(13)6-10(7)17-11(14)5-8/h2-4,6H,5H2,1H3. The maximum Gasteiger partial charge on any atom is 0.334 e. The molecular weight excluding hydrogens is 244 g/mol. The number of rotatable bonds is 1. The number of carbonyl (C=O) groups excluding carboxylic acids is 2. The predicted octanol–water partition coefficient (Wildman–Crippen LogP) is 2.21. The lowest BCUT2D eigenvalue weighted by Gasteiger charge is -2.03. The zero-order chi connectivity index (χ0) is 12.4. The monoisotopic (exact) mass is 252 g/mol. The predicted molar refractivity (Wildman–Crippen MR) is 61.7 cm³/mol. The number of hydrogen-bond acceptors (Lipinski definition) is 4. The Hall–Kier alpha value is -1.81. The molecule has 2 rings (SSSR count). The molecule has 1 aromatic rings. The Balaban J connectivity index is 2.49. The number of ether oxygens (including phenoxy) is 2. The molecule has 17 heavy (non-hydrogen) atoms. The minimum Gasteiger partial charge on any atom is -0.466 e. The molecule has 0 bridgehead atoms. The summed E-state index contributed by atoms with van der Waals surface area (Å²) in [6, 6.07) is 4.87. The van der Waals surface area contributed by atoms with Gasteiger partial charge in [0, 0.05) is 22.2 Å². The number of esters is 2. The largest absolute Gasteiger partial charge is 0.466 e. The maximum atomic E-state index is 11.5. The highest BCUT2D eigenvalue weighted by Crippen LogP contribution is 2.29. The summed E-state index contributed by atoms with van der Waals surface area (Å²) in [7, 11) is 1.27. The first-order chi connectivity index (χ1) is 8.10. The summed E-state index contributed by atoms with van der Waals surface area (Å²) in [5.74, 6) is -0.700. The summed E-state index contributed by atoms with van der Waals surface area (Å²) >= 11 is 5.80. The zero-order valence-corrected chi connectivity index (χ0v) is 9.78. The molecule has 1 aliphatic rings. The lowest BCUT2D eigenvalue weighted by Crippen LogP contribution is -2.12. The highest BCUT2D eigenvalue weighted by atomic mass is 35.5. The van der Waals surface area contributed by atoms with E-state index in [0.29, 0.717) is 16.3 Å². The molecule has 4 nitrogen and oxygen atoms in total. The quantitative estimate of drug-likeness (QED) is 0.568. The van der Waals surface area contributed by atoms with Crippen LogP contribution in [0.15, 0.2) is 23.8 Å². The lowest BCUT2D eigenvalue weighted by molar-refractivity contribution is -0.139. The van der Waals surface area contributed by atoms with E-state index in [1.54, 1.807) is 18.2 Å². The van der Waals surface area contributed by atoms with Crippen molar-refractivity contribution in [3.63, 3.8) is 0 Å². The zero-order valence-electron chi connectivity index (χ0n) is 9.03. The second kappa shape index (κ2) is 4.59. The summed E-state index contributed by atoms with van der Waals surface area (Å²) in [5.41, 5.74) is 0.888. The molecule has 1 heterocycles. The van der Waals surface area contributed by atoms with Crippen LogP contribution < -0.4 is 4.74 Å². The molecule has 0 fully saturated rings. The van der Waals surface area contributed by atoms with Crippen LogP contribution in [0.4, 0.5) is 0 Å². The second-order valence-electron chi connectivity index (χ2n) is 3.49. The fourth-order valence-electron chi connectivity index (χ4n) is 1.53. The number of hydrogen-bond donors (Lipinski definition) is 0. The minimum atomic E-state index is -0.537. The van der Waals surface area contributed by atoms with Gasteiger partial charge in [-0.1, -0.05) is 11.6 Å². The van der Waals surface area contributed by atoms with Gasteiger partial charge < -0.3 is 9.47 Å². The SMILES string of the molecule is COC(=O)C1=Cc2ccc(Cl)cc2OC(=O)C1. The van der Waals surface area contributed by atoms with E-state index >= 15 is 0 Å². The number of methoxy groups -OCH3 is 1. The van der Waals surface area contributed by atoms with Crippen molar-refractivity contribution in [1.82, 2.24) is 0 Å². The van der Waals surface area contributed by atoms with E-state index in [-0.39, 0.29) is 12.0 Å². The third-order valence-electron chi connectivity index (χ3n) is 2.31. The van der Waals surface area contributed by atoms with E-state index in [4.69, 9.17) is 16.3 Å². The van der Waals surface area contributed by atoms with Gasteiger partial charge in [-0.25, -0.2) is 4.79 Å². The lowest BCUT2D eigenvalue weighted by atomic mass is 10.1. The number of carbonyl (C=O) groups is 2. The Morgan fingerprint density at radius 3 is 2.94 bits per heavy atom. The molecule has 0 aromatic heterocycles. The fourth-order valence-corrected chi connectivity index (χ4v) is 1.69. The van der Waals surface area contributed by atoms with Crippen LogP contribution in [0.2, 0.25) is 5.02 Å². The van der Waals surface area contributed by atoms with Crippen molar-refractivity contribution < 1.29 is 19.1 Å². The van der Waals surface area contributed by atoms with Gasteiger partial charge in [0.1, 0.15) is 5.75 Å². The Kier molecular flexibility index (Phi) is 3.15. The summed E-state index contributed by atoms with van der Waals surface area (Å²) < 4.78 is 9.67. The van der Waals surface area contributed by atoms with E-state index in [2.05, 4.69) is 4.74 Å². The Bertz CT molecular complexity index is 519. The molecule has 0 aliphatic carbocycles. The third-order valence-corrected chi connectivity index (χ3v) is 2.55. The first-order valence-corrected chi connectivity index (χ1v) is 5.27. The van der Waals surface area contributed by atoms with Gasteiger partial charge >= 0.3 is 11.9 Å². The van der Waals surface area contributed by atoms with Crippen LogP contribution in [0.5, 0.6) is 5.75 Å². The minimum absolute atomic E-state index is 0.112. The van der Waals surface area contributed by atoms with Gasteiger partial charge in [-0.2, -0.15) is 0 Å². The Morgan fingerprint density at radius 2 is 2.24 bits per heavy atom. The average molecular weight is 253 g/mol. The second-order valence-corrected chi connectivity index (χ2v) is 3.93. The van der Waals surface area contributed by atoms with Crippen LogP contribution in [0, 0.1) is 0 Å². The van der Waals surface area contributed by atoms with E-state index in [1.807, 2.05) is 0 Å². The van der Waals surface area contributed by atoms with Gasteiger partial charge in [-0.05, 0) is 18.2 Å². The Labute approximate surface area is 103 Å². The topological polar surface area (TPSA) is 52.6 Å². The van der Waals surface area contributed by atoms with Gasteiger partial charge in [0.05, 0.1) is 13.5 Å². The third kappa shape index (κ3) is 2.47. The molecule has 0 spiro atoms. The van der Waals surface area contributed by atoms with Crippen molar-refractivity contribution in [3.8, 4) is 5.75 Å². The van der Waals surface area contributed by atoms with Gasteiger partial charge in [-0.15, -0.1) is 0 Å². The number of halogens is 1. The number of benzene rings is 1. The van der Waals surface area contributed by atoms with E-state index in [9.17, 15) is 9.59 Å². The van der Waals surface area contributed by atoms with Crippen LogP contribution in [-0.4, -0.2) is 19.0 Å². The van der Waals surface area contributed by atoms with Crippen molar-refractivity contribution in [1.29, 1.82) is 0 Å². The van der Waals surface area contributed by atoms with E-state index in [0.717, 1.165) is 0 Å². The molecule has 0 amide bonds. The van der Waals surface area contributed by atoms with Crippen molar-refractivity contribution in [2.45, 2.75) is 6.42 Å². The maximum absolute atomic E-state index is 11.5. The van der Waals surface area contributed by atoms with Crippen molar-refractivity contribution in [3.05, 3.63) is 34.4 Å². The van der Waals surface area contributed by atoms with Crippen molar-refractivity contribution in [2.24, 2.45) is 0 Å². The van der Waals surface area contributed by atoms with Gasteiger partial charge in [0.25, 0.3) is 0 Å². The van der Waals surface area contributed by atoms with Gasteiger partial charge in [0.15, 0.2) is 0 Å². The summed E-state index contributed by atoms with van der Waals surface area (Å²) in [6.07, 6.45) is 1.46. The summed E-state index contributed by atoms with van der Waals surface area (Å²) in [4.78, 5) is 22.9. The van der Waals surface area contributed by atoms with E-state index in [1.165, 1.54) is 13.2 Å². The molecule has 0 N–H and O–H groups in total. The average Bonchev–Trinajstić information content (AvgIpc) is 2.45. The first-order valence-electron chi connectivity index (χ1n) is 4.89. The molecule has 0 saturated heterocycles. The molecule has 5 heteroatoms. The summed E-state index contributed by atoms with van der Waals surface area (Å²) in [5, 5.41) is 0.464. The molecule has 0 atom stereocenters. The number of fused-ring (bicyclic) bond motifs is 1. The molecule has 0 unspecified atom stereocenters. The van der Waals surface area contributed by atoms with Crippen molar-refractivity contribution >= 4 is 29.6 Å². The molecule has 1 aromatic carbocycles. The Morgan fingerprint density at radius 1 is 1.47 bits per heavy atom. The summed E-state index contributed by atoms with van der Waals surface area (Å²) in [6.45, 7) is 0. The van der Waals surface area contributed by atoms with Gasteiger partial charge in [-0.3, -0.25) is 4.79 Å². The smallest absolute Gasteiger partial charge is 0.334 e. The highest BCUT2D eigenvalue weighted by Gasteiger charge is 2.21. The van der Waals surface area contributed by atoms with Crippen LogP contribution in [0.3, 0.4) is 0 Å². The molecule has 88 valence electrons. The normalized spacial score (nSPS) is 14.2. The molecular formula is C12H9ClO4. The van der Waals surface area contributed by atoms with Crippen molar-refractivity contribution in [2.75, 3.05) is 7.11 Å². The molecule has 0 radical (unpaired) electrons. The van der Waals surface area contributed by atoms with Crippen LogP contribution in [-0.2, 0) is 14.3 Å².